The number of rotatable bonds is 8. The highest BCUT2D eigenvalue weighted by atomic mass is 79.9. The Morgan fingerprint density at radius 3 is 2.44 bits per heavy atom. The Morgan fingerprint density at radius 1 is 1.11 bits per heavy atom. The minimum absolute atomic E-state index is 0.116. The number of nitrogens with zero attached hydrogens (tertiary/aromatic N) is 1. The highest BCUT2D eigenvalue weighted by Gasteiger charge is 2.10. The normalized spacial score (nSPS) is 11.0. The number of benzene rings is 2. The van der Waals surface area contributed by atoms with Gasteiger partial charge in [0, 0.05) is 14.5 Å². The van der Waals surface area contributed by atoms with Crippen molar-refractivity contribution in [3.63, 3.8) is 0 Å². The summed E-state index contributed by atoms with van der Waals surface area (Å²) in [6.07, 6.45) is 1.55. The van der Waals surface area contributed by atoms with Crippen LogP contribution in [0.4, 0.5) is 0 Å². The average molecular weight is 498 g/mol. The zero-order chi connectivity index (χ0) is 19.8. The lowest BCUT2D eigenvalue weighted by Crippen LogP contribution is -2.25. The summed E-state index contributed by atoms with van der Waals surface area (Å²) in [6, 6.07) is 11.3. The van der Waals surface area contributed by atoms with Crippen molar-refractivity contribution < 1.29 is 14.3 Å². The lowest BCUT2D eigenvalue weighted by Gasteiger charge is -2.14. The SMILES string of the molecule is CCOc1ccc(Br)cc1/C=N/NC(=O)COc1ccc(Br)cc1C(C)C. The Morgan fingerprint density at radius 2 is 1.78 bits per heavy atom. The maximum atomic E-state index is 12.0. The summed E-state index contributed by atoms with van der Waals surface area (Å²) in [6.45, 7) is 6.50. The molecular formula is C20H22Br2N2O3. The molecule has 0 fully saturated rings. The molecule has 2 aromatic carbocycles. The molecule has 1 amide bonds. The molecule has 0 heterocycles. The van der Waals surface area contributed by atoms with Gasteiger partial charge in [0.25, 0.3) is 5.91 Å². The van der Waals surface area contributed by atoms with E-state index in [1.165, 1.54) is 0 Å². The molecule has 2 rings (SSSR count). The summed E-state index contributed by atoms with van der Waals surface area (Å²) < 4.78 is 13.1. The van der Waals surface area contributed by atoms with Gasteiger partial charge >= 0.3 is 0 Å². The van der Waals surface area contributed by atoms with Gasteiger partial charge in [0.15, 0.2) is 6.61 Å². The molecule has 5 nitrogen and oxygen atoms in total. The number of hydrogen-bond acceptors (Lipinski definition) is 4. The number of ether oxygens (including phenoxy) is 2. The topological polar surface area (TPSA) is 59.9 Å². The van der Waals surface area contributed by atoms with Crippen LogP contribution in [0.1, 0.15) is 37.8 Å². The van der Waals surface area contributed by atoms with E-state index in [0.717, 1.165) is 20.1 Å². The Labute approximate surface area is 176 Å². The van der Waals surface area contributed by atoms with Gasteiger partial charge in [-0.15, -0.1) is 0 Å². The van der Waals surface area contributed by atoms with Gasteiger partial charge in [-0.1, -0.05) is 45.7 Å². The molecule has 0 radical (unpaired) electrons. The second-order valence-corrected chi connectivity index (χ2v) is 7.87. The zero-order valence-electron chi connectivity index (χ0n) is 15.5. The van der Waals surface area contributed by atoms with Crippen molar-refractivity contribution in [3.8, 4) is 11.5 Å². The molecule has 1 N–H and O–H groups in total. The lowest BCUT2D eigenvalue weighted by atomic mass is 10.0. The maximum absolute atomic E-state index is 12.0. The summed E-state index contributed by atoms with van der Waals surface area (Å²) in [5, 5.41) is 4.00. The first-order valence-electron chi connectivity index (χ1n) is 8.57. The number of hydrogen-bond donors (Lipinski definition) is 1. The monoisotopic (exact) mass is 496 g/mol. The van der Waals surface area contributed by atoms with Crippen molar-refractivity contribution in [1.82, 2.24) is 5.43 Å². The number of carbonyl (C=O) groups is 1. The number of amides is 1. The van der Waals surface area contributed by atoms with Crippen LogP contribution in [0.25, 0.3) is 0 Å². The minimum atomic E-state index is -0.336. The van der Waals surface area contributed by atoms with E-state index in [-0.39, 0.29) is 18.4 Å². The highest BCUT2D eigenvalue weighted by molar-refractivity contribution is 9.10. The molecule has 0 spiro atoms. The predicted octanol–water partition coefficient (Wildman–Crippen LogP) is 5.26. The van der Waals surface area contributed by atoms with E-state index in [9.17, 15) is 4.79 Å². The first kappa shape index (κ1) is 21.4. The second kappa shape index (κ2) is 10.5. The fourth-order valence-electron chi connectivity index (χ4n) is 2.36. The maximum Gasteiger partial charge on any atom is 0.277 e. The zero-order valence-corrected chi connectivity index (χ0v) is 18.6. The van der Waals surface area contributed by atoms with Crippen LogP contribution in [-0.2, 0) is 4.79 Å². The summed E-state index contributed by atoms with van der Waals surface area (Å²) in [7, 11) is 0. The van der Waals surface area contributed by atoms with E-state index >= 15 is 0 Å². The van der Waals surface area contributed by atoms with Gasteiger partial charge in [-0.25, -0.2) is 5.43 Å². The molecule has 7 heteroatoms. The van der Waals surface area contributed by atoms with Gasteiger partial charge in [-0.3, -0.25) is 4.79 Å². The van der Waals surface area contributed by atoms with Crippen LogP contribution in [0.15, 0.2) is 50.4 Å². The summed E-state index contributed by atoms with van der Waals surface area (Å²) in [5.74, 6) is 1.34. The summed E-state index contributed by atoms with van der Waals surface area (Å²) >= 11 is 6.87. The van der Waals surface area contributed by atoms with Crippen molar-refractivity contribution in [1.29, 1.82) is 0 Å². The molecule has 0 aliphatic heterocycles. The fraction of sp³-hybridized carbons (Fsp3) is 0.300. The molecule has 0 aliphatic rings. The van der Waals surface area contributed by atoms with Gasteiger partial charge in [0.1, 0.15) is 11.5 Å². The second-order valence-electron chi connectivity index (χ2n) is 6.03. The summed E-state index contributed by atoms with van der Waals surface area (Å²) in [5.41, 5.74) is 4.28. The number of carbonyl (C=O) groups excluding carboxylic acids is 1. The molecule has 0 unspecified atom stereocenters. The van der Waals surface area contributed by atoms with Crippen LogP contribution >= 0.6 is 31.9 Å². The smallest absolute Gasteiger partial charge is 0.277 e. The van der Waals surface area contributed by atoms with Crippen molar-refractivity contribution in [3.05, 3.63) is 56.5 Å². The number of halogens is 2. The summed E-state index contributed by atoms with van der Waals surface area (Å²) in [4.78, 5) is 12.0. The third kappa shape index (κ3) is 6.66. The first-order chi connectivity index (χ1) is 12.9. The Balaban J connectivity index is 1.96. The molecule has 0 saturated heterocycles. The van der Waals surface area contributed by atoms with Crippen molar-refractivity contribution in [2.45, 2.75) is 26.7 Å². The quantitative estimate of drug-likeness (QED) is 0.399. The number of nitrogens with one attached hydrogen (secondary N) is 1. The molecule has 144 valence electrons. The molecule has 0 saturated carbocycles. The van der Waals surface area contributed by atoms with Crippen LogP contribution in [0.5, 0.6) is 11.5 Å². The Hall–Kier alpha value is -1.86. The molecule has 0 aliphatic carbocycles. The number of hydrazone groups is 1. The van der Waals surface area contributed by atoms with Crippen LogP contribution < -0.4 is 14.9 Å². The van der Waals surface area contributed by atoms with Gasteiger partial charge < -0.3 is 9.47 Å². The molecule has 0 bridgehead atoms. The largest absolute Gasteiger partial charge is 0.493 e. The third-order valence-electron chi connectivity index (χ3n) is 3.62. The van der Waals surface area contributed by atoms with Gasteiger partial charge in [0.05, 0.1) is 12.8 Å². The van der Waals surface area contributed by atoms with E-state index in [1.807, 2.05) is 43.3 Å². The predicted molar refractivity (Wildman–Crippen MR) is 115 cm³/mol. The van der Waals surface area contributed by atoms with E-state index < -0.39 is 0 Å². The highest BCUT2D eigenvalue weighted by Crippen LogP contribution is 2.29. The van der Waals surface area contributed by atoms with Crippen molar-refractivity contribution in [2.24, 2.45) is 5.10 Å². The van der Waals surface area contributed by atoms with E-state index in [0.29, 0.717) is 18.1 Å². The third-order valence-corrected chi connectivity index (χ3v) is 4.60. The van der Waals surface area contributed by atoms with Crippen LogP contribution in [0.2, 0.25) is 0 Å². The average Bonchev–Trinajstić information content (AvgIpc) is 2.62. The molecule has 27 heavy (non-hydrogen) atoms. The molecule has 0 aromatic heterocycles. The fourth-order valence-corrected chi connectivity index (χ4v) is 3.12. The van der Waals surface area contributed by atoms with Crippen LogP contribution in [-0.4, -0.2) is 25.3 Å². The Bertz CT molecular complexity index is 823. The van der Waals surface area contributed by atoms with Crippen LogP contribution in [0.3, 0.4) is 0 Å². The van der Waals surface area contributed by atoms with E-state index in [2.05, 4.69) is 56.2 Å². The lowest BCUT2D eigenvalue weighted by molar-refractivity contribution is -0.123. The van der Waals surface area contributed by atoms with Crippen LogP contribution in [0, 0.1) is 0 Å². The molecular weight excluding hydrogens is 476 g/mol. The minimum Gasteiger partial charge on any atom is -0.493 e. The first-order valence-corrected chi connectivity index (χ1v) is 10.2. The standard InChI is InChI=1S/C20H22Br2N2O3/c1-4-26-18-7-5-15(21)9-14(18)11-23-24-20(25)12-27-19-8-6-16(22)10-17(19)13(2)3/h5-11,13H,4,12H2,1-3H3,(H,24,25)/b23-11+. The molecule has 2 aromatic rings. The van der Waals surface area contributed by atoms with Crippen molar-refractivity contribution >= 4 is 44.0 Å². The Kier molecular flexibility index (Phi) is 8.31. The van der Waals surface area contributed by atoms with E-state index in [4.69, 9.17) is 9.47 Å². The van der Waals surface area contributed by atoms with Crippen molar-refractivity contribution in [2.75, 3.05) is 13.2 Å². The van der Waals surface area contributed by atoms with Gasteiger partial charge in [0.2, 0.25) is 0 Å². The van der Waals surface area contributed by atoms with Gasteiger partial charge in [-0.2, -0.15) is 5.10 Å². The van der Waals surface area contributed by atoms with E-state index in [1.54, 1.807) is 6.21 Å². The molecule has 0 atom stereocenters. The van der Waals surface area contributed by atoms with Gasteiger partial charge in [-0.05, 0) is 54.8 Å².